The minimum atomic E-state index is -0.562. The molecule has 0 saturated carbocycles. The van der Waals surface area contributed by atoms with Gasteiger partial charge in [-0.2, -0.15) is 0 Å². The predicted octanol–water partition coefficient (Wildman–Crippen LogP) is 3.67. The summed E-state index contributed by atoms with van der Waals surface area (Å²) in [4.78, 5) is 11.4. The highest BCUT2D eigenvalue weighted by Crippen LogP contribution is 2.28. The van der Waals surface area contributed by atoms with Gasteiger partial charge in [-0.25, -0.2) is 9.18 Å². The largest absolute Gasteiger partial charge is 0.463 e. The summed E-state index contributed by atoms with van der Waals surface area (Å²) < 4.78 is 24.9. The fourth-order valence-electron chi connectivity index (χ4n) is 2.02. The Morgan fingerprint density at radius 2 is 2.19 bits per heavy atom. The van der Waals surface area contributed by atoms with E-state index in [9.17, 15) is 9.18 Å². The van der Waals surface area contributed by atoms with Crippen molar-refractivity contribution in [2.45, 2.75) is 13.0 Å². The first-order valence-corrected chi connectivity index (χ1v) is 7.22. The molecule has 1 aromatic heterocycles. The maximum atomic E-state index is 14.1. The van der Waals surface area contributed by atoms with Crippen molar-refractivity contribution >= 4 is 21.9 Å². The molecule has 0 bridgehead atoms. The molecule has 1 N–H and O–H groups in total. The molecule has 2 rings (SSSR count). The van der Waals surface area contributed by atoms with Gasteiger partial charge in [0.2, 0.25) is 5.76 Å². The highest BCUT2D eigenvalue weighted by atomic mass is 79.9. The lowest BCUT2D eigenvalue weighted by Gasteiger charge is -2.17. The van der Waals surface area contributed by atoms with Crippen molar-refractivity contribution in [2.24, 2.45) is 0 Å². The molecule has 1 aromatic carbocycles. The Morgan fingerprint density at radius 3 is 2.81 bits per heavy atom. The number of furan rings is 1. The molecular formula is C15H15BrFNO3. The number of hydrogen-bond acceptors (Lipinski definition) is 4. The zero-order chi connectivity index (χ0) is 15.4. The van der Waals surface area contributed by atoms with E-state index >= 15 is 0 Å². The Morgan fingerprint density at radius 1 is 1.43 bits per heavy atom. The summed E-state index contributed by atoms with van der Waals surface area (Å²) in [5.74, 6) is -0.370. The van der Waals surface area contributed by atoms with Crippen LogP contribution in [0.4, 0.5) is 4.39 Å². The minimum Gasteiger partial charge on any atom is -0.463 e. The van der Waals surface area contributed by atoms with Crippen LogP contribution in [0.2, 0.25) is 0 Å². The number of ether oxygens (including phenoxy) is 1. The number of hydrogen-bond donors (Lipinski definition) is 1. The molecule has 0 amide bonds. The lowest BCUT2D eigenvalue weighted by atomic mass is 10.0. The molecule has 1 unspecified atom stereocenters. The van der Waals surface area contributed by atoms with Gasteiger partial charge in [-0.1, -0.05) is 28.9 Å². The second-order valence-corrected chi connectivity index (χ2v) is 5.27. The Bertz CT molecular complexity index is 642. The second-order valence-electron chi connectivity index (χ2n) is 4.35. The number of methoxy groups -OCH3 is 1. The first kappa shape index (κ1) is 15.7. The lowest BCUT2D eigenvalue weighted by molar-refractivity contribution is 0.0562. The molecule has 6 heteroatoms. The van der Waals surface area contributed by atoms with Crippen molar-refractivity contribution < 1.29 is 18.3 Å². The summed E-state index contributed by atoms with van der Waals surface area (Å²) in [6, 6.07) is 7.51. The number of carbonyl (C=O) groups is 1. The van der Waals surface area contributed by atoms with Crippen LogP contribution < -0.4 is 5.32 Å². The zero-order valence-electron chi connectivity index (χ0n) is 11.7. The number of nitrogens with one attached hydrogen (secondary N) is 1. The van der Waals surface area contributed by atoms with E-state index in [1.165, 1.54) is 19.2 Å². The van der Waals surface area contributed by atoms with Gasteiger partial charge in [-0.15, -0.1) is 0 Å². The average molecular weight is 356 g/mol. The number of carbonyl (C=O) groups excluding carboxylic acids is 1. The van der Waals surface area contributed by atoms with Crippen LogP contribution in [0.15, 0.2) is 39.2 Å². The molecule has 2 aromatic rings. The summed E-state index contributed by atoms with van der Waals surface area (Å²) in [5, 5.41) is 3.14. The number of halogens is 2. The highest BCUT2D eigenvalue weighted by molar-refractivity contribution is 9.10. The van der Waals surface area contributed by atoms with Gasteiger partial charge in [0.05, 0.1) is 13.2 Å². The van der Waals surface area contributed by atoms with Crippen molar-refractivity contribution in [1.29, 1.82) is 0 Å². The maximum absolute atomic E-state index is 14.1. The Balaban J connectivity index is 2.38. The number of esters is 1. The third-order valence-corrected chi connectivity index (χ3v) is 3.47. The zero-order valence-corrected chi connectivity index (χ0v) is 13.2. The van der Waals surface area contributed by atoms with Gasteiger partial charge in [0.15, 0.2) is 0 Å². The summed E-state index contributed by atoms with van der Waals surface area (Å²) in [5.41, 5.74) is 0.450. The van der Waals surface area contributed by atoms with Crippen LogP contribution in [0.3, 0.4) is 0 Å². The predicted molar refractivity (Wildman–Crippen MR) is 79.7 cm³/mol. The normalized spacial score (nSPS) is 12.2. The van der Waals surface area contributed by atoms with Crippen LogP contribution in [0.5, 0.6) is 0 Å². The van der Waals surface area contributed by atoms with E-state index in [0.717, 1.165) is 0 Å². The minimum absolute atomic E-state index is 0.0907. The quantitative estimate of drug-likeness (QED) is 0.831. The van der Waals surface area contributed by atoms with E-state index < -0.39 is 12.0 Å². The van der Waals surface area contributed by atoms with Gasteiger partial charge < -0.3 is 14.5 Å². The number of benzene rings is 1. The molecule has 0 fully saturated rings. The molecular weight excluding hydrogens is 341 g/mol. The Hall–Kier alpha value is -1.66. The van der Waals surface area contributed by atoms with E-state index in [-0.39, 0.29) is 11.6 Å². The molecule has 0 saturated heterocycles. The lowest BCUT2D eigenvalue weighted by Crippen LogP contribution is -2.22. The molecule has 0 aliphatic rings. The highest BCUT2D eigenvalue weighted by Gasteiger charge is 2.22. The van der Waals surface area contributed by atoms with Crippen molar-refractivity contribution in [2.75, 3.05) is 13.7 Å². The monoisotopic (exact) mass is 355 g/mol. The summed E-state index contributed by atoms with van der Waals surface area (Å²) in [7, 11) is 1.28. The summed E-state index contributed by atoms with van der Waals surface area (Å²) >= 11 is 3.23. The van der Waals surface area contributed by atoms with Crippen molar-refractivity contribution in [3.8, 4) is 0 Å². The van der Waals surface area contributed by atoms with Crippen molar-refractivity contribution in [1.82, 2.24) is 5.32 Å². The molecule has 1 heterocycles. The Kier molecular flexibility index (Phi) is 5.14. The molecule has 21 heavy (non-hydrogen) atoms. The van der Waals surface area contributed by atoms with Gasteiger partial charge in [-0.05, 0) is 30.8 Å². The van der Waals surface area contributed by atoms with Crippen LogP contribution in [-0.4, -0.2) is 19.6 Å². The smallest absolute Gasteiger partial charge is 0.373 e. The Labute approximate surface area is 130 Å². The summed E-state index contributed by atoms with van der Waals surface area (Å²) in [6.07, 6.45) is 0. The molecule has 0 radical (unpaired) electrons. The van der Waals surface area contributed by atoms with Crippen LogP contribution in [0.25, 0.3) is 0 Å². The van der Waals surface area contributed by atoms with Gasteiger partial charge in [0, 0.05) is 10.0 Å². The van der Waals surface area contributed by atoms with Crippen LogP contribution >= 0.6 is 15.9 Å². The van der Waals surface area contributed by atoms with Gasteiger partial charge in [-0.3, -0.25) is 0 Å². The van der Waals surface area contributed by atoms with Gasteiger partial charge in [0.25, 0.3) is 0 Å². The SMILES string of the molecule is CCNC(c1ccc(C(=O)OC)o1)c1ccc(Br)cc1F. The van der Waals surface area contributed by atoms with Gasteiger partial charge in [0.1, 0.15) is 11.6 Å². The average Bonchev–Trinajstić information content (AvgIpc) is 2.94. The second kappa shape index (κ2) is 6.87. The summed E-state index contributed by atoms with van der Waals surface area (Å²) in [6.45, 7) is 2.53. The van der Waals surface area contributed by atoms with E-state index in [2.05, 4.69) is 26.0 Å². The standard InChI is InChI=1S/C15H15BrFNO3/c1-3-18-14(10-5-4-9(16)8-11(10)17)12-6-7-13(21-12)15(19)20-2/h4-8,14,18H,3H2,1-2H3. The van der Waals surface area contributed by atoms with E-state index in [1.807, 2.05) is 6.92 Å². The molecule has 0 spiro atoms. The van der Waals surface area contributed by atoms with E-state index in [4.69, 9.17) is 4.42 Å². The van der Waals surface area contributed by atoms with Crippen LogP contribution in [0.1, 0.15) is 34.8 Å². The first-order chi connectivity index (χ1) is 10.1. The fraction of sp³-hybridized carbons (Fsp3) is 0.267. The molecule has 4 nitrogen and oxygen atoms in total. The topological polar surface area (TPSA) is 51.5 Å². The van der Waals surface area contributed by atoms with E-state index in [1.54, 1.807) is 18.2 Å². The van der Waals surface area contributed by atoms with Gasteiger partial charge >= 0.3 is 5.97 Å². The third kappa shape index (κ3) is 3.51. The maximum Gasteiger partial charge on any atom is 0.373 e. The molecule has 0 aliphatic heterocycles. The van der Waals surface area contributed by atoms with Crippen LogP contribution in [-0.2, 0) is 4.74 Å². The van der Waals surface area contributed by atoms with Crippen LogP contribution in [0, 0.1) is 5.82 Å². The molecule has 1 atom stereocenters. The fourth-order valence-corrected chi connectivity index (χ4v) is 2.35. The third-order valence-electron chi connectivity index (χ3n) is 2.98. The van der Waals surface area contributed by atoms with Crippen molar-refractivity contribution in [3.63, 3.8) is 0 Å². The molecule has 112 valence electrons. The number of rotatable bonds is 5. The van der Waals surface area contributed by atoms with E-state index in [0.29, 0.717) is 22.3 Å². The first-order valence-electron chi connectivity index (χ1n) is 6.43. The molecule has 0 aliphatic carbocycles. The van der Waals surface area contributed by atoms with Crippen molar-refractivity contribution in [3.05, 3.63) is 57.7 Å².